The molecular formula is C16H15NO4. The van der Waals surface area contributed by atoms with Crippen LogP contribution in [-0.2, 0) is 0 Å². The van der Waals surface area contributed by atoms with Crippen molar-refractivity contribution in [2.45, 2.75) is 0 Å². The Morgan fingerprint density at radius 1 is 1.05 bits per heavy atom. The highest BCUT2D eigenvalue weighted by Gasteiger charge is 2.11. The molecule has 0 radical (unpaired) electrons. The largest absolute Gasteiger partial charge is 0.497 e. The molecule has 0 aliphatic heterocycles. The zero-order chi connectivity index (χ0) is 15.2. The lowest BCUT2D eigenvalue weighted by atomic mass is 10.1. The van der Waals surface area contributed by atoms with Gasteiger partial charge >= 0.3 is 0 Å². The maximum atomic E-state index is 12.2. The van der Waals surface area contributed by atoms with E-state index >= 15 is 0 Å². The molecule has 0 fully saturated rings. The van der Waals surface area contributed by atoms with Gasteiger partial charge in [0.2, 0.25) is 0 Å². The number of benzene rings is 2. The summed E-state index contributed by atoms with van der Waals surface area (Å²) in [5.74, 6) is 0.857. The summed E-state index contributed by atoms with van der Waals surface area (Å²) in [5.41, 5.74) is 1.48. The third kappa shape index (κ3) is 3.39. The zero-order valence-electron chi connectivity index (χ0n) is 11.8. The van der Waals surface area contributed by atoms with Gasteiger partial charge in [-0.3, -0.25) is 9.59 Å². The normalized spacial score (nSPS) is 9.81. The number of nitrogens with one attached hydrogen (secondary N) is 1. The molecule has 108 valence electrons. The number of hydrogen-bond donors (Lipinski definition) is 1. The predicted molar refractivity (Wildman–Crippen MR) is 79.3 cm³/mol. The molecule has 0 saturated heterocycles. The molecule has 0 aliphatic carbocycles. The molecule has 0 saturated carbocycles. The van der Waals surface area contributed by atoms with Crippen LogP contribution in [0.25, 0.3) is 0 Å². The van der Waals surface area contributed by atoms with E-state index in [1.54, 1.807) is 49.6 Å². The van der Waals surface area contributed by atoms with Gasteiger partial charge in [0.15, 0.2) is 0 Å². The van der Waals surface area contributed by atoms with Gasteiger partial charge in [0, 0.05) is 17.2 Å². The van der Waals surface area contributed by atoms with Gasteiger partial charge in [-0.2, -0.15) is 0 Å². The second-order valence-corrected chi connectivity index (χ2v) is 4.26. The van der Waals surface area contributed by atoms with Crippen LogP contribution in [0.3, 0.4) is 0 Å². The van der Waals surface area contributed by atoms with Crippen LogP contribution < -0.4 is 14.8 Å². The highest BCUT2D eigenvalue weighted by Crippen LogP contribution is 2.29. The molecule has 0 heterocycles. The maximum absolute atomic E-state index is 12.2. The molecule has 2 rings (SSSR count). The van der Waals surface area contributed by atoms with Crippen molar-refractivity contribution in [3.63, 3.8) is 0 Å². The van der Waals surface area contributed by atoms with E-state index < -0.39 is 0 Å². The number of methoxy groups -OCH3 is 2. The van der Waals surface area contributed by atoms with Crippen molar-refractivity contribution in [2.24, 2.45) is 0 Å². The van der Waals surface area contributed by atoms with Crippen molar-refractivity contribution in [1.82, 2.24) is 0 Å². The van der Waals surface area contributed by atoms with Crippen LogP contribution in [0.2, 0.25) is 0 Å². The molecule has 0 atom stereocenters. The number of carbonyl (C=O) groups excluding carboxylic acids is 2. The Bertz CT molecular complexity index is 650. The van der Waals surface area contributed by atoms with Gasteiger partial charge < -0.3 is 14.8 Å². The third-order valence-electron chi connectivity index (χ3n) is 2.96. The van der Waals surface area contributed by atoms with Crippen LogP contribution in [-0.4, -0.2) is 26.4 Å². The number of anilines is 1. The number of aldehydes is 1. The molecule has 21 heavy (non-hydrogen) atoms. The maximum Gasteiger partial charge on any atom is 0.255 e. The van der Waals surface area contributed by atoms with Crippen LogP contribution >= 0.6 is 0 Å². The quantitative estimate of drug-likeness (QED) is 0.858. The third-order valence-corrected chi connectivity index (χ3v) is 2.96. The van der Waals surface area contributed by atoms with Crippen molar-refractivity contribution < 1.29 is 19.1 Å². The highest BCUT2D eigenvalue weighted by molar-refractivity contribution is 6.05. The minimum Gasteiger partial charge on any atom is -0.497 e. The summed E-state index contributed by atoms with van der Waals surface area (Å²) in [6.07, 6.45) is 0.729. The molecule has 2 aromatic carbocycles. The van der Waals surface area contributed by atoms with E-state index in [1.807, 2.05) is 0 Å². The van der Waals surface area contributed by atoms with E-state index in [9.17, 15) is 9.59 Å². The summed E-state index contributed by atoms with van der Waals surface area (Å²) in [7, 11) is 3.07. The van der Waals surface area contributed by atoms with Crippen molar-refractivity contribution >= 4 is 17.9 Å². The van der Waals surface area contributed by atoms with Crippen molar-refractivity contribution in [3.05, 3.63) is 53.6 Å². The molecule has 0 spiro atoms. The molecule has 2 aromatic rings. The van der Waals surface area contributed by atoms with Crippen LogP contribution in [0.5, 0.6) is 11.5 Å². The Morgan fingerprint density at radius 2 is 1.76 bits per heavy atom. The zero-order valence-corrected chi connectivity index (χ0v) is 11.8. The first-order valence-electron chi connectivity index (χ1n) is 6.26. The van der Waals surface area contributed by atoms with E-state index in [-0.39, 0.29) is 5.91 Å². The fourth-order valence-electron chi connectivity index (χ4n) is 1.82. The number of ether oxygens (including phenoxy) is 2. The van der Waals surface area contributed by atoms with Crippen LogP contribution in [0.4, 0.5) is 5.69 Å². The Morgan fingerprint density at radius 3 is 2.33 bits per heavy atom. The van der Waals surface area contributed by atoms with Crippen LogP contribution in [0, 0.1) is 0 Å². The smallest absolute Gasteiger partial charge is 0.255 e. The molecule has 0 bridgehead atoms. The van der Waals surface area contributed by atoms with Gasteiger partial charge in [-0.05, 0) is 24.3 Å². The topological polar surface area (TPSA) is 64.6 Å². The SMILES string of the molecule is COc1ccc(OC)c(NC(=O)c2ccc(C=O)cc2)c1. The van der Waals surface area contributed by atoms with Gasteiger partial charge in [-0.1, -0.05) is 12.1 Å². The van der Waals surface area contributed by atoms with Gasteiger partial charge in [-0.25, -0.2) is 0 Å². The highest BCUT2D eigenvalue weighted by atomic mass is 16.5. The molecule has 1 amide bonds. The Kier molecular flexibility index (Phi) is 4.56. The van der Waals surface area contributed by atoms with E-state index in [0.29, 0.717) is 28.3 Å². The van der Waals surface area contributed by atoms with Gasteiger partial charge in [0.1, 0.15) is 17.8 Å². The lowest BCUT2D eigenvalue weighted by Crippen LogP contribution is -2.12. The number of rotatable bonds is 5. The summed E-state index contributed by atoms with van der Waals surface area (Å²) in [6, 6.07) is 11.5. The first-order chi connectivity index (χ1) is 10.2. The van der Waals surface area contributed by atoms with Gasteiger partial charge in [-0.15, -0.1) is 0 Å². The lowest BCUT2D eigenvalue weighted by molar-refractivity contribution is 0.102. The first kappa shape index (κ1) is 14.6. The Labute approximate surface area is 122 Å². The lowest BCUT2D eigenvalue weighted by Gasteiger charge is -2.11. The second kappa shape index (κ2) is 6.56. The minimum atomic E-state index is -0.293. The molecule has 5 heteroatoms. The van der Waals surface area contributed by atoms with E-state index in [1.165, 1.54) is 7.11 Å². The fraction of sp³-hybridized carbons (Fsp3) is 0.125. The van der Waals surface area contributed by atoms with E-state index in [2.05, 4.69) is 5.32 Å². The average molecular weight is 285 g/mol. The molecule has 5 nitrogen and oxygen atoms in total. The van der Waals surface area contributed by atoms with E-state index in [4.69, 9.17) is 9.47 Å². The number of hydrogen-bond acceptors (Lipinski definition) is 4. The molecule has 1 N–H and O–H groups in total. The number of amides is 1. The number of carbonyl (C=O) groups is 2. The second-order valence-electron chi connectivity index (χ2n) is 4.26. The van der Waals surface area contributed by atoms with Gasteiger partial charge in [0.25, 0.3) is 5.91 Å². The monoisotopic (exact) mass is 285 g/mol. The molecule has 0 aliphatic rings. The predicted octanol–water partition coefficient (Wildman–Crippen LogP) is 2.77. The standard InChI is InChI=1S/C16H15NO4/c1-20-13-7-8-15(21-2)14(9-13)17-16(19)12-5-3-11(10-18)4-6-12/h3-10H,1-2H3,(H,17,19). The molecular weight excluding hydrogens is 270 g/mol. The van der Waals surface area contributed by atoms with Crippen LogP contribution in [0.1, 0.15) is 20.7 Å². The fourth-order valence-corrected chi connectivity index (χ4v) is 1.82. The van der Waals surface area contributed by atoms with Crippen LogP contribution in [0.15, 0.2) is 42.5 Å². The van der Waals surface area contributed by atoms with E-state index in [0.717, 1.165) is 6.29 Å². The Hall–Kier alpha value is -2.82. The average Bonchev–Trinajstić information content (AvgIpc) is 2.54. The van der Waals surface area contributed by atoms with Gasteiger partial charge in [0.05, 0.1) is 19.9 Å². The summed E-state index contributed by atoms with van der Waals surface area (Å²) in [4.78, 5) is 22.8. The first-order valence-corrected chi connectivity index (χ1v) is 6.26. The summed E-state index contributed by atoms with van der Waals surface area (Å²) >= 11 is 0. The van der Waals surface area contributed by atoms with Crippen molar-refractivity contribution in [3.8, 4) is 11.5 Å². The Balaban J connectivity index is 2.23. The van der Waals surface area contributed by atoms with Crippen molar-refractivity contribution in [1.29, 1.82) is 0 Å². The summed E-state index contributed by atoms with van der Waals surface area (Å²) in [6.45, 7) is 0. The summed E-state index contributed by atoms with van der Waals surface area (Å²) in [5, 5.41) is 2.76. The molecule has 0 unspecified atom stereocenters. The minimum absolute atomic E-state index is 0.293. The molecule has 0 aromatic heterocycles. The summed E-state index contributed by atoms with van der Waals surface area (Å²) < 4.78 is 10.3. The van der Waals surface area contributed by atoms with Crippen molar-refractivity contribution in [2.75, 3.05) is 19.5 Å².